The number of hydrogen-bond donors (Lipinski definition) is 4. The molecule has 0 saturated heterocycles. The number of aliphatic imine (C=N–C) groups is 2. The quantitative estimate of drug-likeness (QED) is 0.312. The number of fused-ring (bicyclic) bond motifs is 1. The van der Waals surface area contributed by atoms with Crippen molar-refractivity contribution in [2.45, 2.75) is 18.4 Å². The average Bonchev–Trinajstić information content (AvgIpc) is 2.34. The maximum atomic E-state index is 9.34. The summed E-state index contributed by atoms with van der Waals surface area (Å²) in [5, 5.41) is 14.8. The van der Waals surface area contributed by atoms with Crippen LogP contribution >= 0.6 is 0 Å². The molecule has 60 valence electrons. The lowest BCUT2D eigenvalue weighted by Gasteiger charge is -2.27. The molecule has 0 bridgehead atoms. The number of guanidine groups is 1. The number of rotatable bonds is 0. The van der Waals surface area contributed by atoms with E-state index < -0.39 is 6.23 Å². The first-order chi connectivity index (χ1) is 5.27. The van der Waals surface area contributed by atoms with Gasteiger partial charge in [-0.3, -0.25) is 0 Å². The zero-order valence-electron chi connectivity index (χ0n) is 5.73. The summed E-state index contributed by atoms with van der Waals surface area (Å²) in [5.74, 6) is 0.236. The standard InChI is InChI=1S/C5H9N5O/c6-5-9-3-2(4(11)10-5)7-1-8-3/h1-4,11H,(H,7,8)(H3,6,9,10). The highest BCUT2D eigenvalue weighted by Crippen LogP contribution is 2.11. The molecule has 11 heavy (non-hydrogen) atoms. The minimum Gasteiger partial charge on any atom is -0.371 e. The summed E-state index contributed by atoms with van der Waals surface area (Å²) in [5.41, 5.74) is 5.36. The zero-order valence-corrected chi connectivity index (χ0v) is 5.73. The molecule has 3 unspecified atom stereocenters. The van der Waals surface area contributed by atoms with Crippen LogP contribution in [0.15, 0.2) is 9.98 Å². The summed E-state index contributed by atoms with van der Waals surface area (Å²) in [6.45, 7) is 0. The van der Waals surface area contributed by atoms with Crippen LogP contribution in [-0.2, 0) is 0 Å². The first-order valence-corrected chi connectivity index (χ1v) is 3.33. The molecule has 0 amide bonds. The molecule has 0 aromatic carbocycles. The Bertz CT molecular complexity index is 225. The van der Waals surface area contributed by atoms with Crippen molar-refractivity contribution < 1.29 is 5.11 Å². The topological polar surface area (TPSA) is 95.0 Å². The first-order valence-electron chi connectivity index (χ1n) is 3.33. The van der Waals surface area contributed by atoms with Crippen molar-refractivity contribution in [2.75, 3.05) is 0 Å². The van der Waals surface area contributed by atoms with E-state index in [1.165, 1.54) is 6.34 Å². The van der Waals surface area contributed by atoms with E-state index in [-0.39, 0.29) is 18.2 Å². The Morgan fingerprint density at radius 2 is 2.45 bits per heavy atom. The van der Waals surface area contributed by atoms with Crippen molar-refractivity contribution in [2.24, 2.45) is 15.7 Å². The van der Waals surface area contributed by atoms with Crippen molar-refractivity contribution in [3.8, 4) is 0 Å². The van der Waals surface area contributed by atoms with Gasteiger partial charge >= 0.3 is 0 Å². The number of nitrogens with zero attached hydrogens (tertiary/aromatic N) is 2. The van der Waals surface area contributed by atoms with Gasteiger partial charge in [-0.2, -0.15) is 0 Å². The number of aliphatic hydroxyl groups excluding tert-OH is 1. The monoisotopic (exact) mass is 155 g/mol. The van der Waals surface area contributed by atoms with Crippen LogP contribution in [0, 0.1) is 0 Å². The normalized spacial score (nSPS) is 40.5. The molecule has 0 aliphatic carbocycles. The minimum atomic E-state index is -0.708. The summed E-state index contributed by atoms with van der Waals surface area (Å²) < 4.78 is 0. The molecule has 6 heteroatoms. The van der Waals surface area contributed by atoms with E-state index in [2.05, 4.69) is 20.6 Å². The molecule has 2 aliphatic heterocycles. The maximum absolute atomic E-state index is 9.34. The maximum Gasteiger partial charge on any atom is 0.192 e. The lowest BCUT2D eigenvalue weighted by molar-refractivity contribution is 0.109. The predicted molar refractivity (Wildman–Crippen MR) is 40.0 cm³/mol. The summed E-state index contributed by atoms with van der Waals surface area (Å²) in [6.07, 6.45) is 0.550. The number of hydrogen-bond acceptors (Lipinski definition) is 6. The third kappa shape index (κ3) is 0.911. The van der Waals surface area contributed by atoms with Crippen LogP contribution in [0.4, 0.5) is 0 Å². The summed E-state index contributed by atoms with van der Waals surface area (Å²) >= 11 is 0. The molecule has 0 fully saturated rings. The second kappa shape index (κ2) is 2.09. The third-order valence-corrected chi connectivity index (χ3v) is 1.72. The van der Waals surface area contributed by atoms with Crippen molar-refractivity contribution in [1.29, 1.82) is 0 Å². The highest BCUT2D eigenvalue weighted by atomic mass is 16.3. The van der Waals surface area contributed by atoms with Gasteiger partial charge in [-0.1, -0.05) is 0 Å². The number of nitrogens with one attached hydrogen (secondary N) is 2. The zero-order chi connectivity index (χ0) is 7.84. The molecule has 0 aromatic rings. The first kappa shape index (κ1) is 6.41. The lowest BCUT2D eigenvalue weighted by atomic mass is 10.2. The van der Waals surface area contributed by atoms with Crippen LogP contribution in [0.25, 0.3) is 0 Å². The fraction of sp³-hybridized carbons (Fsp3) is 0.600. The van der Waals surface area contributed by atoms with Crippen molar-refractivity contribution >= 4 is 12.3 Å². The molecule has 5 N–H and O–H groups in total. The smallest absolute Gasteiger partial charge is 0.192 e. The number of aliphatic hydroxyl groups is 1. The van der Waals surface area contributed by atoms with Gasteiger partial charge in [-0.15, -0.1) is 0 Å². The summed E-state index contributed by atoms with van der Waals surface area (Å²) in [4.78, 5) is 7.91. The van der Waals surface area contributed by atoms with Crippen LogP contribution < -0.4 is 16.4 Å². The molecule has 3 atom stereocenters. The van der Waals surface area contributed by atoms with E-state index >= 15 is 0 Å². The summed E-state index contributed by atoms with van der Waals surface area (Å²) in [7, 11) is 0. The molecule has 2 rings (SSSR count). The van der Waals surface area contributed by atoms with Gasteiger partial charge < -0.3 is 21.5 Å². The van der Waals surface area contributed by atoms with Crippen LogP contribution in [0.5, 0.6) is 0 Å². The third-order valence-electron chi connectivity index (χ3n) is 1.72. The highest BCUT2D eigenvalue weighted by molar-refractivity contribution is 5.79. The fourth-order valence-electron chi connectivity index (χ4n) is 1.17. The second-order valence-electron chi connectivity index (χ2n) is 2.49. The van der Waals surface area contributed by atoms with Gasteiger partial charge in [0.05, 0.1) is 6.34 Å². The van der Waals surface area contributed by atoms with E-state index in [0.29, 0.717) is 0 Å². The Morgan fingerprint density at radius 1 is 1.64 bits per heavy atom. The Kier molecular flexibility index (Phi) is 1.22. The van der Waals surface area contributed by atoms with Gasteiger partial charge in [0.25, 0.3) is 0 Å². The average molecular weight is 155 g/mol. The van der Waals surface area contributed by atoms with E-state index in [4.69, 9.17) is 5.73 Å². The molecule has 2 heterocycles. The predicted octanol–water partition coefficient (Wildman–Crippen LogP) is -2.45. The Balaban J connectivity index is 2.23. The van der Waals surface area contributed by atoms with Gasteiger partial charge in [0.15, 0.2) is 18.4 Å². The minimum absolute atomic E-state index is 0.178. The van der Waals surface area contributed by atoms with Crippen LogP contribution in [0.1, 0.15) is 0 Å². The van der Waals surface area contributed by atoms with E-state index in [0.717, 1.165) is 0 Å². The lowest BCUT2D eigenvalue weighted by Crippen LogP contribution is -2.57. The summed E-state index contributed by atoms with van der Waals surface area (Å²) in [6, 6.07) is -0.178. The molecule has 0 radical (unpaired) electrons. The molecule has 0 spiro atoms. The van der Waals surface area contributed by atoms with Crippen molar-refractivity contribution in [3.05, 3.63) is 0 Å². The Morgan fingerprint density at radius 3 is 3.27 bits per heavy atom. The largest absolute Gasteiger partial charge is 0.371 e. The van der Waals surface area contributed by atoms with Crippen LogP contribution in [0.3, 0.4) is 0 Å². The highest BCUT2D eigenvalue weighted by Gasteiger charge is 2.34. The Labute approximate surface area is 63.2 Å². The van der Waals surface area contributed by atoms with Crippen LogP contribution in [-0.4, -0.2) is 35.8 Å². The molecule has 2 aliphatic rings. The van der Waals surface area contributed by atoms with E-state index in [9.17, 15) is 5.11 Å². The van der Waals surface area contributed by atoms with Gasteiger partial charge in [0, 0.05) is 0 Å². The van der Waals surface area contributed by atoms with E-state index in [1.807, 2.05) is 0 Å². The Hall–Kier alpha value is -1.30. The van der Waals surface area contributed by atoms with Crippen molar-refractivity contribution in [1.82, 2.24) is 10.6 Å². The van der Waals surface area contributed by atoms with Gasteiger partial charge in [0.2, 0.25) is 0 Å². The molecule has 0 saturated carbocycles. The molecular formula is C5H9N5O. The molecular weight excluding hydrogens is 146 g/mol. The number of nitrogens with two attached hydrogens (primary N) is 1. The van der Waals surface area contributed by atoms with Crippen LogP contribution in [0.2, 0.25) is 0 Å². The van der Waals surface area contributed by atoms with Gasteiger partial charge in [0.1, 0.15) is 6.04 Å². The molecule has 0 aromatic heterocycles. The second-order valence-corrected chi connectivity index (χ2v) is 2.49. The van der Waals surface area contributed by atoms with Gasteiger partial charge in [-0.25, -0.2) is 9.98 Å². The van der Waals surface area contributed by atoms with Gasteiger partial charge in [-0.05, 0) is 0 Å². The fourth-order valence-corrected chi connectivity index (χ4v) is 1.17. The van der Waals surface area contributed by atoms with E-state index in [1.54, 1.807) is 0 Å². The molecule has 6 nitrogen and oxygen atoms in total. The van der Waals surface area contributed by atoms with Crippen molar-refractivity contribution in [3.63, 3.8) is 0 Å². The SMILES string of the molecule is NC1=NC2N=CNC2C(O)N1.